The minimum absolute atomic E-state index is 0.104. The summed E-state index contributed by atoms with van der Waals surface area (Å²) in [5, 5.41) is 0. The van der Waals surface area contributed by atoms with Crippen LogP contribution in [-0.4, -0.2) is 43.0 Å². The number of nitrogens with zero attached hydrogens (tertiary/aromatic N) is 2. The average molecular weight is 302 g/mol. The highest BCUT2D eigenvalue weighted by Gasteiger charge is 2.43. The number of imide groups is 1. The zero-order chi connectivity index (χ0) is 15.7. The van der Waals surface area contributed by atoms with Crippen LogP contribution >= 0.6 is 0 Å². The number of likely N-dealkylation sites (tertiary alicyclic amines) is 1. The summed E-state index contributed by atoms with van der Waals surface area (Å²) in [5.74, 6) is 1.13. The molecule has 2 heterocycles. The average Bonchev–Trinajstić information content (AvgIpc) is 2.83. The van der Waals surface area contributed by atoms with Crippen LogP contribution in [0.15, 0.2) is 24.3 Å². The predicted molar refractivity (Wildman–Crippen MR) is 83.9 cm³/mol. The third kappa shape index (κ3) is 2.73. The van der Waals surface area contributed by atoms with Gasteiger partial charge in [0.2, 0.25) is 5.91 Å². The minimum Gasteiger partial charge on any atom is -0.497 e. The maximum atomic E-state index is 12.7. The molecule has 3 rings (SSSR count). The lowest BCUT2D eigenvalue weighted by Gasteiger charge is -2.33. The summed E-state index contributed by atoms with van der Waals surface area (Å²) in [6, 6.07) is 6.81. The molecule has 0 spiro atoms. The number of rotatable bonds is 3. The Morgan fingerprint density at radius 1 is 1.18 bits per heavy atom. The number of hydrogen-bond acceptors (Lipinski definition) is 4. The fourth-order valence-corrected chi connectivity index (χ4v) is 3.26. The van der Waals surface area contributed by atoms with E-state index in [0.717, 1.165) is 25.9 Å². The largest absolute Gasteiger partial charge is 0.497 e. The van der Waals surface area contributed by atoms with Gasteiger partial charge < -0.3 is 4.74 Å². The highest BCUT2D eigenvalue weighted by molar-refractivity contribution is 6.22. The van der Waals surface area contributed by atoms with Crippen molar-refractivity contribution in [2.24, 2.45) is 5.92 Å². The second kappa shape index (κ2) is 6.08. The van der Waals surface area contributed by atoms with Crippen molar-refractivity contribution in [1.29, 1.82) is 0 Å². The summed E-state index contributed by atoms with van der Waals surface area (Å²) in [6.45, 7) is 4.04. The summed E-state index contributed by atoms with van der Waals surface area (Å²) in [4.78, 5) is 28.5. The van der Waals surface area contributed by atoms with E-state index < -0.39 is 0 Å². The van der Waals surface area contributed by atoms with Crippen LogP contribution < -0.4 is 9.64 Å². The molecule has 5 heteroatoms. The molecule has 0 saturated carbocycles. The molecule has 1 unspecified atom stereocenters. The summed E-state index contributed by atoms with van der Waals surface area (Å²) in [7, 11) is 1.57. The van der Waals surface area contributed by atoms with E-state index in [4.69, 9.17) is 4.74 Å². The van der Waals surface area contributed by atoms with Crippen LogP contribution in [0.5, 0.6) is 5.75 Å². The number of anilines is 1. The molecule has 0 N–H and O–H groups in total. The molecule has 1 aromatic rings. The Kier molecular flexibility index (Phi) is 4.16. The summed E-state index contributed by atoms with van der Waals surface area (Å²) in [6.07, 6.45) is 2.47. The van der Waals surface area contributed by atoms with Crippen LogP contribution in [0.4, 0.5) is 5.69 Å². The SMILES string of the molecule is COc1cccc(N2C(=O)CC(N3CCC(C)CC3)C2=O)c1. The number of piperidine rings is 1. The molecule has 2 fully saturated rings. The van der Waals surface area contributed by atoms with Crippen molar-refractivity contribution in [2.45, 2.75) is 32.2 Å². The molecular weight excluding hydrogens is 280 g/mol. The van der Waals surface area contributed by atoms with Crippen molar-refractivity contribution >= 4 is 17.5 Å². The van der Waals surface area contributed by atoms with Gasteiger partial charge in [-0.1, -0.05) is 13.0 Å². The molecule has 2 aliphatic rings. The summed E-state index contributed by atoms with van der Waals surface area (Å²) < 4.78 is 5.18. The third-order valence-electron chi connectivity index (χ3n) is 4.69. The van der Waals surface area contributed by atoms with Crippen LogP contribution in [0.1, 0.15) is 26.2 Å². The van der Waals surface area contributed by atoms with E-state index in [1.54, 1.807) is 31.4 Å². The first kappa shape index (κ1) is 15.0. The van der Waals surface area contributed by atoms with Gasteiger partial charge in [-0.05, 0) is 44.0 Å². The summed E-state index contributed by atoms with van der Waals surface area (Å²) >= 11 is 0. The zero-order valence-electron chi connectivity index (χ0n) is 13.1. The van der Waals surface area contributed by atoms with Crippen molar-refractivity contribution in [3.05, 3.63) is 24.3 Å². The van der Waals surface area contributed by atoms with Gasteiger partial charge in [0.05, 0.1) is 25.3 Å². The Bertz CT molecular complexity index is 579. The first-order valence-electron chi connectivity index (χ1n) is 7.85. The second-order valence-corrected chi connectivity index (χ2v) is 6.21. The van der Waals surface area contributed by atoms with Crippen molar-refractivity contribution in [1.82, 2.24) is 4.90 Å². The summed E-state index contributed by atoms with van der Waals surface area (Å²) in [5.41, 5.74) is 0.599. The highest BCUT2D eigenvalue weighted by Crippen LogP contribution is 2.30. The van der Waals surface area contributed by atoms with Gasteiger partial charge in [-0.15, -0.1) is 0 Å². The fourth-order valence-electron chi connectivity index (χ4n) is 3.26. The van der Waals surface area contributed by atoms with Crippen molar-refractivity contribution in [2.75, 3.05) is 25.1 Å². The number of hydrogen-bond donors (Lipinski definition) is 0. The zero-order valence-corrected chi connectivity index (χ0v) is 13.1. The molecule has 0 bridgehead atoms. The topological polar surface area (TPSA) is 49.9 Å². The van der Waals surface area contributed by atoms with Gasteiger partial charge in [-0.2, -0.15) is 0 Å². The first-order chi connectivity index (χ1) is 10.6. The Morgan fingerprint density at radius 2 is 1.91 bits per heavy atom. The van der Waals surface area contributed by atoms with Crippen LogP contribution in [0, 0.1) is 5.92 Å². The number of amides is 2. The van der Waals surface area contributed by atoms with E-state index in [-0.39, 0.29) is 24.3 Å². The number of carbonyl (C=O) groups is 2. The lowest BCUT2D eigenvalue weighted by molar-refractivity contribution is -0.123. The maximum Gasteiger partial charge on any atom is 0.251 e. The molecule has 1 aromatic carbocycles. The lowest BCUT2D eigenvalue weighted by Crippen LogP contribution is -2.45. The Morgan fingerprint density at radius 3 is 2.59 bits per heavy atom. The number of carbonyl (C=O) groups excluding carboxylic acids is 2. The van der Waals surface area contributed by atoms with E-state index in [0.29, 0.717) is 17.4 Å². The smallest absolute Gasteiger partial charge is 0.251 e. The quantitative estimate of drug-likeness (QED) is 0.802. The van der Waals surface area contributed by atoms with Crippen molar-refractivity contribution in [3.63, 3.8) is 0 Å². The normalized spacial score (nSPS) is 24.1. The van der Waals surface area contributed by atoms with Crippen LogP contribution in [0.25, 0.3) is 0 Å². The van der Waals surface area contributed by atoms with Gasteiger partial charge >= 0.3 is 0 Å². The van der Waals surface area contributed by atoms with Crippen molar-refractivity contribution < 1.29 is 14.3 Å². The molecular formula is C17H22N2O3. The standard InChI is InChI=1S/C17H22N2O3/c1-12-6-8-18(9-7-12)15-11-16(20)19(17(15)21)13-4-3-5-14(10-13)22-2/h3-5,10,12,15H,6-9,11H2,1-2H3. The van der Waals surface area contributed by atoms with Crippen LogP contribution in [-0.2, 0) is 9.59 Å². The maximum absolute atomic E-state index is 12.7. The molecule has 2 amide bonds. The number of benzene rings is 1. The van der Waals surface area contributed by atoms with Crippen LogP contribution in [0.2, 0.25) is 0 Å². The van der Waals surface area contributed by atoms with E-state index in [1.807, 2.05) is 0 Å². The van der Waals surface area contributed by atoms with E-state index in [9.17, 15) is 9.59 Å². The monoisotopic (exact) mass is 302 g/mol. The minimum atomic E-state index is -0.300. The van der Waals surface area contributed by atoms with E-state index >= 15 is 0 Å². The third-order valence-corrected chi connectivity index (χ3v) is 4.69. The van der Waals surface area contributed by atoms with Crippen molar-refractivity contribution in [3.8, 4) is 5.75 Å². The van der Waals surface area contributed by atoms with Gasteiger partial charge in [-0.25, -0.2) is 4.90 Å². The van der Waals surface area contributed by atoms with Gasteiger partial charge in [0.1, 0.15) is 5.75 Å². The molecule has 118 valence electrons. The van der Waals surface area contributed by atoms with Crippen LogP contribution in [0.3, 0.4) is 0 Å². The molecule has 0 aliphatic carbocycles. The van der Waals surface area contributed by atoms with E-state index in [1.165, 1.54) is 4.90 Å². The van der Waals surface area contributed by atoms with Gasteiger partial charge in [-0.3, -0.25) is 14.5 Å². The molecule has 22 heavy (non-hydrogen) atoms. The Hall–Kier alpha value is -1.88. The predicted octanol–water partition coefficient (Wildman–Crippen LogP) is 2.06. The highest BCUT2D eigenvalue weighted by atomic mass is 16.5. The number of ether oxygens (including phenoxy) is 1. The van der Waals surface area contributed by atoms with Gasteiger partial charge in [0.15, 0.2) is 0 Å². The van der Waals surface area contributed by atoms with E-state index in [2.05, 4.69) is 11.8 Å². The Labute approximate surface area is 130 Å². The number of methoxy groups -OCH3 is 1. The fraction of sp³-hybridized carbons (Fsp3) is 0.529. The van der Waals surface area contributed by atoms with Gasteiger partial charge in [0.25, 0.3) is 5.91 Å². The molecule has 0 aromatic heterocycles. The lowest BCUT2D eigenvalue weighted by atomic mass is 9.97. The first-order valence-corrected chi connectivity index (χ1v) is 7.85. The molecule has 2 saturated heterocycles. The Balaban J connectivity index is 1.79. The molecule has 2 aliphatic heterocycles. The van der Waals surface area contributed by atoms with Gasteiger partial charge in [0, 0.05) is 6.07 Å². The molecule has 5 nitrogen and oxygen atoms in total. The molecule has 0 radical (unpaired) electrons. The second-order valence-electron chi connectivity index (χ2n) is 6.21. The molecule has 1 atom stereocenters.